The van der Waals surface area contributed by atoms with E-state index < -0.39 is 0 Å². The Balaban J connectivity index is 1.83. The number of carbonyl (C=O) groups is 1. The molecule has 0 fully saturated rings. The van der Waals surface area contributed by atoms with E-state index >= 15 is 0 Å². The summed E-state index contributed by atoms with van der Waals surface area (Å²) < 4.78 is 10.8. The lowest BCUT2D eigenvalue weighted by atomic mass is 10.1. The average Bonchev–Trinajstić information content (AvgIpc) is 2.98. The summed E-state index contributed by atoms with van der Waals surface area (Å²) in [5.41, 5.74) is 2.08. The minimum absolute atomic E-state index is 0.0730. The van der Waals surface area contributed by atoms with Crippen molar-refractivity contribution in [2.24, 2.45) is 0 Å². The molecule has 5 heteroatoms. The first kappa shape index (κ1) is 15.1. The van der Waals surface area contributed by atoms with E-state index in [0.29, 0.717) is 23.6 Å². The highest BCUT2D eigenvalue weighted by atomic mass is 16.5. The van der Waals surface area contributed by atoms with Gasteiger partial charge in [0.05, 0.1) is 18.7 Å². The van der Waals surface area contributed by atoms with Crippen LogP contribution >= 0.6 is 0 Å². The van der Waals surface area contributed by atoms with Crippen molar-refractivity contribution in [3.63, 3.8) is 0 Å². The topological polar surface area (TPSA) is 55.6 Å². The number of para-hydroxylation sites is 3. The van der Waals surface area contributed by atoms with Crippen LogP contribution in [-0.2, 0) is 11.2 Å². The highest BCUT2D eigenvalue weighted by Crippen LogP contribution is 2.28. The van der Waals surface area contributed by atoms with Crippen molar-refractivity contribution in [3.8, 4) is 5.75 Å². The van der Waals surface area contributed by atoms with Gasteiger partial charge in [-0.1, -0.05) is 29.4 Å². The Morgan fingerprint density at radius 1 is 1.17 bits per heavy atom. The summed E-state index contributed by atoms with van der Waals surface area (Å²) in [5, 5.41) is 4.88. The molecule has 3 aromatic rings. The lowest BCUT2D eigenvalue weighted by Gasteiger charge is -2.20. The molecule has 5 nitrogen and oxygen atoms in total. The zero-order chi connectivity index (χ0) is 16.2. The lowest BCUT2D eigenvalue weighted by molar-refractivity contribution is -0.117. The maximum atomic E-state index is 12.6. The van der Waals surface area contributed by atoms with Crippen molar-refractivity contribution >= 4 is 22.6 Å². The van der Waals surface area contributed by atoms with Crippen LogP contribution in [0.3, 0.4) is 0 Å². The monoisotopic (exact) mass is 310 g/mol. The van der Waals surface area contributed by atoms with Crippen LogP contribution in [0.5, 0.6) is 5.75 Å². The van der Waals surface area contributed by atoms with Crippen LogP contribution in [0.4, 0.5) is 5.69 Å². The number of nitrogens with zero attached hydrogens (tertiary/aromatic N) is 2. The summed E-state index contributed by atoms with van der Waals surface area (Å²) in [5.74, 6) is 0.618. The van der Waals surface area contributed by atoms with E-state index in [9.17, 15) is 4.79 Å². The van der Waals surface area contributed by atoms with E-state index in [1.807, 2.05) is 55.5 Å². The number of anilines is 1. The van der Waals surface area contributed by atoms with E-state index in [0.717, 1.165) is 11.1 Å². The third-order valence-electron chi connectivity index (χ3n) is 3.67. The zero-order valence-electron chi connectivity index (χ0n) is 13.2. The van der Waals surface area contributed by atoms with Gasteiger partial charge in [-0.15, -0.1) is 0 Å². The molecule has 2 aromatic carbocycles. The normalized spacial score (nSPS) is 10.7. The first-order chi connectivity index (χ1) is 11.2. The smallest absolute Gasteiger partial charge is 0.233 e. The van der Waals surface area contributed by atoms with Crippen molar-refractivity contribution < 1.29 is 14.1 Å². The summed E-state index contributed by atoms with van der Waals surface area (Å²) in [6, 6.07) is 15.0. The summed E-state index contributed by atoms with van der Waals surface area (Å²) in [6.45, 7) is 2.47. The molecule has 0 unspecified atom stereocenters. The largest absolute Gasteiger partial charge is 0.492 e. The molecule has 1 amide bonds. The summed E-state index contributed by atoms with van der Waals surface area (Å²) in [4.78, 5) is 14.2. The summed E-state index contributed by atoms with van der Waals surface area (Å²) in [7, 11) is 1.74. The van der Waals surface area contributed by atoms with E-state index in [1.165, 1.54) is 0 Å². The first-order valence-electron chi connectivity index (χ1n) is 7.52. The van der Waals surface area contributed by atoms with Crippen LogP contribution in [-0.4, -0.2) is 24.7 Å². The maximum absolute atomic E-state index is 12.6. The average molecular weight is 310 g/mol. The fourth-order valence-corrected chi connectivity index (χ4v) is 2.47. The number of carbonyl (C=O) groups excluding carboxylic acids is 1. The molecule has 3 rings (SSSR count). The molecule has 0 radical (unpaired) electrons. The van der Waals surface area contributed by atoms with Crippen LogP contribution in [0.2, 0.25) is 0 Å². The predicted molar refractivity (Wildman–Crippen MR) is 88.7 cm³/mol. The van der Waals surface area contributed by atoms with Gasteiger partial charge in [-0.2, -0.15) is 0 Å². The van der Waals surface area contributed by atoms with Crippen LogP contribution in [0.15, 0.2) is 53.1 Å². The van der Waals surface area contributed by atoms with Gasteiger partial charge in [-0.25, -0.2) is 0 Å². The second-order valence-electron chi connectivity index (χ2n) is 5.16. The molecule has 0 saturated carbocycles. The number of hydrogen-bond acceptors (Lipinski definition) is 4. The van der Waals surface area contributed by atoms with Crippen molar-refractivity contribution in [1.29, 1.82) is 0 Å². The second kappa shape index (κ2) is 6.52. The molecule has 0 N–H and O–H groups in total. The van der Waals surface area contributed by atoms with Crippen molar-refractivity contribution in [3.05, 3.63) is 54.2 Å². The quantitative estimate of drug-likeness (QED) is 0.724. The number of ether oxygens (including phenoxy) is 1. The maximum Gasteiger partial charge on any atom is 0.233 e. The SMILES string of the molecule is CCOc1ccccc1N(C)C(=O)Cc1noc2ccccc12. The molecule has 0 saturated heterocycles. The molecular formula is C18H18N2O3. The van der Waals surface area contributed by atoms with Crippen molar-refractivity contribution in [2.45, 2.75) is 13.3 Å². The number of likely N-dealkylation sites (N-methyl/N-ethyl adjacent to an activating group) is 1. The minimum Gasteiger partial charge on any atom is -0.492 e. The molecule has 0 spiro atoms. The number of fused-ring (bicyclic) bond motifs is 1. The molecular weight excluding hydrogens is 292 g/mol. The fraction of sp³-hybridized carbons (Fsp3) is 0.222. The standard InChI is InChI=1S/C18H18N2O3/c1-3-22-17-11-7-5-9-15(17)20(2)18(21)12-14-13-8-4-6-10-16(13)23-19-14/h4-11H,3,12H2,1-2H3. The Hall–Kier alpha value is -2.82. The molecule has 118 valence electrons. The van der Waals surface area contributed by atoms with Gasteiger partial charge in [-0.3, -0.25) is 4.79 Å². The summed E-state index contributed by atoms with van der Waals surface area (Å²) in [6.07, 6.45) is 0.175. The highest BCUT2D eigenvalue weighted by molar-refractivity contribution is 5.97. The zero-order valence-corrected chi connectivity index (χ0v) is 13.2. The van der Waals surface area contributed by atoms with Gasteiger partial charge < -0.3 is 14.2 Å². The Morgan fingerprint density at radius 3 is 2.74 bits per heavy atom. The van der Waals surface area contributed by atoms with E-state index in [1.54, 1.807) is 11.9 Å². The van der Waals surface area contributed by atoms with E-state index in [4.69, 9.17) is 9.26 Å². The number of hydrogen-bond donors (Lipinski definition) is 0. The molecule has 0 aliphatic rings. The Morgan fingerprint density at radius 2 is 1.91 bits per heavy atom. The Labute approximate surface area is 134 Å². The van der Waals surface area contributed by atoms with Crippen LogP contribution < -0.4 is 9.64 Å². The molecule has 0 aliphatic heterocycles. The van der Waals surface area contributed by atoms with Gasteiger partial charge in [0, 0.05) is 12.4 Å². The van der Waals surface area contributed by atoms with Gasteiger partial charge >= 0.3 is 0 Å². The van der Waals surface area contributed by atoms with Gasteiger partial charge in [0.1, 0.15) is 11.4 Å². The van der Waals surface area contributed by atoms with Crippen molar-refractivity contribution in [2.75, 3.05) is 18.6 Å². The molecule has 1 heterocycles. The summed E-state index contributed by atoms with van der Waals surface area (Å²) >= 11 is 0. The lowest BCUT2D eigenvalue weighted by Crippen LogP contribution is -2.28. The van der Waals surface area contributed by atoms with E-state index in [2.05, 4.69) is 5.16 Å². The van der Waals surface area contributed by atoms with Crippen LogP contribution in [0.1, 0.15) is 12.6 Å². The van der Waals surface area contributed by atoms with E-state index in [-0.39, 0.29) is 12.3 Å². The number of amides is 1. The molecule has 0 aliphatic carbocycles. The number of benzene rings is 2. The number of rotatable bonds is 5. The third-order valence-corrected chi connectivity index (χ3v) is 3.67. The van der Waals surface area contributed by atoms with Crippen LogP contribution in [0, 0.1) is 0 Å². The molecule has 1 aromatic heterocycles. The molecule has 0 atom stereocenters. The van der Waals surface area contributed by atoms with Gasteiger partial charge in [0.25, 0.3) is 0 Å². The first-order valence-corrected chi connectivity index (χ1v) is 7.52. The molecule has 0 bridgehead atoms. The Kier molecular flexibility index (Phi) is 4.28. The Bertz CT molecular complexity index is 826. The minimum atomic E-state index is -0.0730. The van der Waals surface area contributed by atoms with Gasteiger partial charge in [0.15, 0.2) is 5.58 Å². The second-order valence-corrected chi connectivity index (χ2v) is 5.16. The molecule has 23 heavy (non-hydrogen) atoms. The van der Waals surface area contributed by atoms with Crippen LogP contribution in [0.25, 0.3) is 11.0 Å². The van der Waals surface area contributed by atoms with Crippen molar-refractivity contribution in [1.82, 2.24) is 5.16 Å². The number of aromatic nitrogens is 1. The van der Waals surface area contributed by atoms with Gasteiger partial charge in [-0.05, 0) is 31.2 Å². The van der Waals surface area contributed by atoms with Gasteiger partial charge in [0.2, 0.25) is 5.91 Å². The fourth-order valence-electron chi connectivity index (χ4n) is 2.47. The third kappa shape index (κ3) is 3.04. The highest BCUT2D eigenvalue weighted by Gasteiger charge is 2.18. The predicted octanol–water partition coefficient (Wildman–Crippen LogP) is 3.43.